The van der Waals surface area contributed by atoms with Crippen LogP contribution >= 0.6 is 0 Å². The van der Waals surface area contributed by atoms with Crippen molar-refractivity contribution in [1.82, 2.24) is 0 Å². The van der Waals surface area contributed by atoms with Crippen molar-refractivity contribution in [2.75, 3.05) is 4.90 Å². The number of ether oxygens (including phenoxy) is 2. The number of carbonyl (C=O) groups excluding carboxylic acids is 3. The number of fused-ring (bicyclic) bond motifs is 5. The summed E-state index contributed by atoms with van der Waals surface area (Å²) in [6.45, 7) is 5.63. The van der Waals surface area contributed by atoms with Gasteiger partial charge in [-0.15, -0.1) is 6.58 Å². The summed E-state index contributed by atoms with van der Waals surface area (Å²) in [6.07, 6.45) is 1.56. The van der Waals surface area contributed by atoms with Gasteiger partial charge in [0.2, 0.25) is 11.8 Å². The number of nitrogens with zero attached hydrogens (tertiary/aromatic N) is 1. The van der Waals surface area contributed by atoms with Crippen LogP contribution in [0.2, 0.25) is 0 Å². The average molecular weight is 379 g/mol. The quantitative estimate of drug-likeness (QED) is 0.448. The van der Waals surface area contributed by atoms with E-state index in [2.05, 4.69) is 6.58 Å². The molecule has 5 rings (SSSR count). The summed E-state index contributed by atoms with van der Waals surface area (Å²) >= 11 is 0. The molecule has 0 aromatic heterocycles. The van der Waals surface area contributed by atoms with E-state index in [1.165, 1.54) is 4.90 Å². The molecule has 6 heteroatoms. The average Bonchev–Trinajstić information content (AvgIpc) is 3.21. The Morgan fingerprint density at radius 1 is 1.11 bits per heavy atom. The molecule has 3 fully saturated rings. The molecular weight excluding hydrogens is 358 g/mol. The first-order valence-electron chi connectivity index (χ1n) is 9.62. The standard InChI is InChI=1S/C22H21NO5/c1-3-13-10-15-19(27-13)18-16(22(26)28-15)11(2)9-14-17(18)21(25)23(20(14)24)12-7-5-4-6-8-12/h3-8,13-15,17-19H,1,9-10H2,2H3/t13-,14+,15+,17+,18+,19-/m1/s1. The summed E-state index contributed by atoms with van der Waals surface area (Å²) in [7, 11) is 0. The molecule has 1 aromatic rings. The minimum atomic E-state index is -0.602. The van der Waals surface area contributed by atoms with Gasteiger partial charge in [0.1, 0.15) is 12.2 Å². The normalized spacial score (nSPS) is 36.8. The molecule has 3 aliphatic heterocycles. The predicted molar refractivity (Wildman–Crippen MR) is 100 cm³/mol. The fraction of sp³-hybridized carbons (Fsp3) is 0.409. The Morgan fingerprint density at radius 3 is 2.57 bits per heavy atom. The Bertz CT molecular complexity index is 920. The van der Waals surface area contributed by atoms with Gasteiger partial charge in [-0.25, -0.2) is 4.79 Å². The number of hydrogen-bond donors (Lipinski definition) is 0. The number of anilines is 1. The number of allylic oxidation sites excluding steroid dienone is 1. The Morgan fingerprint density at radius 2 is 1.86 bits per heavy atom. The SMILES string of the molecule is C=C[C@@H]1C[C@@H]2OC(=O)C3=C(C)C[C@@H]4C(=O)N(c5ccccc5)C(=O)[C@@H]4[C@H]3[C@@H]2O1. The molecular formula is C22H21NO5. The van der Waals surface area contributed by atoms with E-state index in [-0.39, 0.29) is 23.9 Å². The highest BCUT2D eigenvalue weighted by atomic mass is 16.6. The van der Waals surface area contributed by atoms with E-state index >= 15 is 0 Å². The monoisotopic (exact) mass is 379 g/mol. The topological polar surface area (TPSA) is 72.9 Å². The molecule has 6 atom stereocenters. The number of benzene rings is 1. The lowest BCUT2D eigenvalue weighted by Crippen LogP contribution is -2.50. The van der Waals surface area contributed by atoms with Gasteiger partial charge >= 0.3 is 5.97 Å². The molecule has 1 aliphatic carbocycles. The first kappa shape index (κ1) is 17.4. The number of carbonyl (C=O) groups is 3. The van der Waals surface area contributed by atoms with Crippen LogP contribution in [0, 0.1) is 17.8 Å². The highest BCUT2D eigenvalue weighted by Crippen LogP contribution is 2.52. The van der Waals surface area contributed by atoms with Crippen LogP contribution in [0.4, 0.5) is 5.69 Å². The lowest BCUT2D eigenvalue weighted by molar-refractivity contribution is -0.160. The third-order valence-electron chi connectivity index (χ3n) is 6.46. The minimum Gasteiger partial charge on any atom is -0.456 e. The Balaban J connectivity index is 1.59. The second kappa shape index (κ2) is 6.14. The van der Waals surface area contributed by atoms with E-state index in [4.69, 9.17) is 9.47 Å². The second-order valence-corrected chi connectivity index (χ2v) is 7.96. The fourth-order valence-corrected chi connectivity index (χ4v) is 5.27. The van der Waals surface area contributed by atoms with E-state index in [1.807, 2.05) is 13.0 Å². The minimum absolute atomic E-state index is 0.201. The number of amides is 2. The largest absolute Gasteiger partial charge is 0.456 e. The zero-order valence-electron chi connectivity index (χ0n) is 15.5. The number of imide groups is 1. The number of rotatable bonds is 2. The molecule has 6 nitrogen and oxygen atoms in total. The van der Waals surface area contributed by atoms with E-state index in [0.717, 1.165) is 5.57 Å². The number of para-hydroxylation sites is 1. The van der Waals surface area contributed by atoms with Crippen molar-refractivity contribution in [2.45, 2.75) is 38.1 Å². The summed E-state index contributed by atoms with van der Waals surface area (Å²) < 4.78 is 11.7. The molecule has 1 aromatic carbocycles. The summed E-state index contributed by atoms with van der Waals surface area (Å²) in [4.78, 5) is 40.6. The van der Waals surface area contributed by atoms with Crippen LogP contribution in [0.15, 0.2) is 54.1 Å². The lowest BCUT2D eigenvalue weighted by Gasteiger charge is -2.41. The molecule has 0 radical (unpaired) electrons. The third-order valence-corrected chi connectivity index (χ3v) is 6.46. The van der Waals surface area contributed by atoms with E-state index in [0.29, 0.717) is 24.1 Å². The molecule has 144 valence electrons. The van der Waals surface area contributed by atoms with Crippen molar-refractivity contribution >= 4 is 23.5 Å². The van der Waals surface area contributed by atoms with Crippen LogP contribution in [0.5, 0.6) is 0 Å². The maximum Gasteiger partial charge on any atom is 0.334 e. The van der Waals surface area contributed by atoms with Gasteiger partial charge in [0.05, 0.1) is 23.6 Å². The van der Waals surface area contributed by atoms with Gasteiger partial charge < -0.3 is 9.47 Å². The van der Waals surface area contributed by atoms with Crippen molar-refractivity contribution in [1.29, 1.82) is 0 Å². The van der Waals surface area contributed by atoms with Gasteiger partial charge in [0.15, 0.2) is 0 Å². The Labute approximate surface area is 162 Å². The van der Waals surface area contributed by atoms with Crippen molar-refractivity contribution in [2.24, 2.45) is 17.8 Å². The molecule has 28 heavy (non-hydrogen) atoms. The zero-order valence-corrected chi connectivity index (χ0v) is 15.5. The predicted octanol–water partition coefficient (Wildman–Crippen LogP) is 2.40. The van der Waals surface area contributed by atoms with E-state index in [1.54, 1.807) is 30.3 Å². The van der Waals surface area contributed by atoms with Gasteiger partial charge in [-0.05, 0) is 25.5 Å². The van der Waals surface area contributed by atoms with Gasteiger partial charge in [0, 0.05) is 17.9 Å². The molecule has 0 saturated carbocycles. The van der Waals surface area contributed by atoms with Crippen LogP contribution in [-0.4, -0.2) is 36.1 Å². The van der Waals surface area contributed by atoms with Gasteiger partial charge in [-0.3, -0.25) is 14.5 Å². The lowest BCUT2D eigenvalue weighted by atomic mass is 9.66. The molecule has 4 aliphatic rings. The molecule has 0 unspecified atom stereocenters. The summed E-state index contributed by atoms with van der Waals surface area (Å²) in [6, 6.07) is 8.96. The Hall–Kier alpha value is -2.73. The van der Waals surface area contributed by atoms with Crippen LogP contribution in [0.25, 0.3) is 0 Å². The molecule has 0 bridgehead atoms. The second-order valence-electron chi connectivity index (χ2n) is 7.96. The van der Waals surface area contributed by atoms with Crippen LogP contribution < -0.4 is 4.90 Å². The highest BCUT2D eigenvalue weighted by molar-refractivity contribution is 6.22. The molecule has 0 N–H and O–H groups in total. The summed E-state index contributed by atoms with van der Waals surface area (Å²) in [5.41, 5.74) is 1.90. The fourth-order valence-electron chi connectivity index (χ4n) is 5.27. The Kier molecular flexibility index (Phi) is 3.81. The van der Waals surface area contributed by atoms with Crippen molar-refractivity contribution in [3.05, 3.63) is 54.1 Å². The van der Waals surface area contributed by atoms with E-state index in [9.17, 15) is 14.4 Å². The maximum absolute atomic E-state index is 13.4. The van der Waals surface area contributed by atoms with E-state index < -0.39 is 30.0 Å². The first-order chi connectivity index (χ1) is 13.5. The first-order valence-corrected chi connectivity index (χ1v) is 9.62. The summed E-state index contributed by atoms with van der Waals surface area (Å²) in [5.74, 6) is -2.37. The third kappa shape index (κ3) is 2.27. The van der Waals surface area contributed by atoms with Crippen molar-refractivity contribution < 1.29 is 23.9 Å². The molecule has 2 amide bonds. The summed E-state index contributed by atoms with van der Waals surface area (Å²) in [5, 5.41) is 0. The molecule has 3 saturated heterocycles. The van der Waals surface area contributed by atoms with Crippen LogP contribution in [0.1, 0.15) is 19.8 Å². The number of esters is 1. The number of hydrogen-bond acceptors (Lipinski definition) is 5. The molecule has 3 heterocycles. The van der Waals surface area contributed by atoms with Gasteiger partial charge in [-0.2, -0.15) is 0 Å². The maximum atomic E-state index is 13.4. The van der Waals surface area contributed by atoms with Gasteiger partial charge in [-0.1, -0.05) is 29.8 Å². The highest BCUT2D eigenvalue weighted by Gasteiger charge is 2.62. The zero-order chi connectivity index (χ0) is 19.6. The van der Waals surface area contributed by atoms with Gasteiger partial charge in [0.25, 0.3) is 0 Å². The van der Waals surface area contributed by atoms with Crippen molar-refractivity contribution in [3.63, 3.8) is 0 Å². The van der Waals surface area contributed by atoms with Crippen LogP contribution in [-0.2, 0) is 23.9 Å². The van der Waals surface area contributed by atoms with Crippen molar-refractivity contribution in [3.8, 4) is 0 Å². The smallest absolute Gasteiger partial charge is 0.334 e. The van der Waals surface area contributed by atoms with Crippen LogP contribution in [0.3, 0.4) is 0 Å². The molecule has 0 spiro atoms.